The third kappa shape index (κ3) is 2.15. The Morgan fingerprint density at radius 1 is 1.53 bits per heavy atom. The van der Waals surface area contributed by atoms with Gasteiger partial charge in [0.05, 0.1) is 16.6 Å². The van der Waals surface area contributed by atoms with Crippen molar-refractivity contribution in [1.29, 1.82) is 0 Å². The molecule has 2 aromatic rings. The van der Waals surface area contributed by atoms with E-state index in [9.17, 15) is 19.3 Å². The molecule has 1 heterocycles. The van der Waals surface area contributed by atoms with Crippen LogP contribution in [0, 0.1) is 22.9 Å². The summed E-state index contributed by atoms with van der Waals surface area (Å²) < 4.78 is 17.8. The highest BCUT2D eigenvalue weighted by atomic mass is 19.1. The number of aryl methyl sites for hydroxylation is 1. The first-order valence-corrected chi connectivity index (χ1v) is 5.05. The lowest BCUT2D eigenvalue weighted by molar-refractivity contribution is -0.384. The highest BCUT2D eigenvalue weighted by Crippen LogP contribution is 2.33. The molecule has 0 aliphatic carbocycles. The minimum atomic E-state index is -1.33. The summed E-state index contributed by atoms with van der Waals surface area (Å²) in [6.07, 6.45) is 0. The lowest BCUT2D eigenvalue weighted by Gasteiger charge is -2.00. The number of carboxylic acid groups (broad SMARTS) is 1. The quantitative estimate of drug-likeness (QED) is 0.675. The van der Waals surface area contributed by atoms with Crippen LogP contribution >= 0.6 is 0 Å². The molecule has 2 rings (SSSR count). The second-order valence-corrected chi connectivity index (χ2v) is 3.69. The zero-order valence-electron chi connectivity index (χ0n) is 9.58. The summed E-state index contributed by atoms with van der Waals surface area (Å²) in [7, 11) is 0. The summed E-state index contributed by atoms with van der Waals surface area (Å²) in [5.41, 5.74) is -1.16. The zero-order valence-corrected chi connectivity index (χ0v) is 9.58. The maximum absolute atomic E-state index is 13.0. The van der Waals surface area contributed by atoms with Gasteiger partial charge in [-0.15, -0.1) is 0 Å². The number of aromatic nitrogens is 1. The normalized spacial score (nSPS) is 10.4. The molecule has 0 saturated heterocycles. The van der Waals surface area contributed by atoms with Crippen LogP contribution in [-0.2, 0) is 0 Å². The average molecular weight is 266 g/mol. The minimum absolute atomic E-state index is 0.0149. The fraction of sp³-hybridized carbons (Fsp3) is 0.0909. The molecule has 8 heteroatoms. The van der Waals surface area contributed by atoms with E-state index in [4.69, 9.17) is 9.63 Å². The molecule has 7 nitrogen and oxygen atoms in total. The molecule has 1 aromatic heterocycles. The summed E-state index contributed by atoms with van der Waals surface area (Å²) in [4.78, 5) is 21.1. The maximum Gasteiger partial charge on any atom is 0.341 e. The second kappa shape index (κ2) is 4.48. The number of halogens is 1. The van der Waals surface area contributed by atoms with Gasteiger partial charge in [-0.05, 0) is 19.1 Å². The lowest BCUT2D eigenvalue weighted by atomic mass is 10.0. The first-order chi connectivity index (χ1) is 8.91. The van der Waals surface area contributed by atoms with Crippen molar-refractivity contribution in [3.63, 3.8) is 0 Å². The number of aromatic carboxylic acids is 1. The summed E-state index contributed by atoms with van der Waals surface area (Å²) in [6.45, 7) is 1.37. The molecule has 0 radical (unpaired) electrons. The molecule has 0 atom stereocenters. The number of hydrogen-bond donors (Lipinski definition) is 1. The molecule has 1 aromatic carbocycles. The number of rotatable bonds is 3. The maximum atomic E-state index is 13.0. The minimum Gasteiger partial charge on any atom is -0.477 e. The van der Waals surface area contributed by atoms with Gasteiger partial charge in [-0.3, -0.25) is 10.1 Å². The van der Waals surface area contributed by atoms with Crippen molar-refractivity contribution in [3.05, 3.63) is 45.5 Å². The standard InChI is InChI=1S/C11H7FN2O5/c1-5-9(11(15)16)10(13-19-5)7-3-2-6(12)4-8(7)14(17)18/h2-4H,1H3,(H,15,16). The highest BCUT2D eigenvalue weighted by Gasteiger charge is 2.26. The van der Waals surface area contributed by atoms with E-state index >= 15 is 0 Å². The van der Waals surface area contributed by atoms with Gasteiger partial charge in [0, 0.05) is 0 Å². The van der Waals surface area contributed by atoms with Gasteiger partial charge in [0.1, 0.15) is 22.8 Å². The average Bonchev–Trinajstić information content (AvgIpc) is 2.70. The largest absolute Gasteiger partial charge is 0.477 e. The van der Waals surface area contributed by atoms with Gasteiger partial charge in [0.15, 0.2) is 0 Å². The van der Waals surface area contributed by atoms with Gasteiger partial charge >= 0.3 is 5.97 Å². The smallest absolute Gasteiger partial charge is 0.341 e. The van der Waals surface area contributed by atoms with Crippen LogP contribution in [0.2, 0.25) is 0 Å². The first kappa shape index (κ1) is 12.7. The molecule has 0 aliphatic rings. The van der Waals surface area contributed by atoms with Gasteiger partial charge in [-0.25, -0.2) is 9.18 Å². The Morgan fingerprint density at radius 2 is 2.21 bits per heavy atom. The van der Waals surface area contributed by atoms with Gasteiger partial charge < -0.3 is 9.63 Å². The number of carboxylic acids is 1. The molecule has 98 valence electrons. The monoisotopic (exact) mass is 266 g/mol. The van der Waals surface area contributed by atoms with Crippen LogP contribution in [0.15, 0.2) is 22.7 Å². The van der Waals surface area contributed by atoms with Gasteiger partial charge in [0.2, 0.25) is 0 Å². The van der Waals surface area contributed by atoms with E-state index in [1.165, 1.54) is 6.92 Å². The van der Waals surface area contributed by atoms with Crippen LogP contribution < -0.4 is 0 Å². The molecule has 0 fully saturated rings. The SMILES string of the molecule is Cc1onc(-c2ccc(F)cc2[N+](=O)[O-])c1C(=O)O. The van der Waals surface area contributed by atoms with Crippen LogP contribution in [0.4, 0.5) is 10.1 Å². The van der Waals surface area contributed by atoms with Crippen molar-refractivity contribution in [2.45, 2.75) is 6.92 Å². The molecule has 0 saturated carbocycles. The number of nitrogens with zero attached hydrogens (tertiary/aromatic N) is 2. The first-order valence-electron chi connectivity index (χ1n) is 5.05. The number of nitro groups is 1. The number of carbonyl (C=O) groups is 1. The van der Waals surface area contributed by atoms with Crippen molar-refractivity contribution in [3.8, 4) is 11.3 Å². The molecular formula is C11H7FN2O5. The summed E-state index contributed by atoms with van der Waals surface area (Å²) in [5.74, 6) is -2.11. The van der Waals surface area contributed by atoms with Crippen molar-refractivity contribution < 1.29 is 23.7 Å². The van der Waals surface area contributed by atoms with Crippen LogP contribution in [0.25, 0.3) is 11.3 Å². The van der Waals surface area contributed by atoms with E-state index < -0.39 is 22.4 Å². The third-order valence-electron chi connectivity index (χ3n) is 2.49. The molecular weight excluding hydrogens is 259 g/mol. The summed E-state index contributed by atoms with van der Waals surface area (Å²) >= 11 is 0. The van der Waals surface area contributed by atoms with Crippen molar-refractivity contribution in [1.82, 2.24) is 5.16 Å². The fourth-order valence-corrected chi connectivity index (χ4v) is 1.66. The van der Waals surface area contributed by atoms with E-state index in [1.54, 1.807) is 0 Å². The predicted molar refractivity (Wildman–Crippen MR) is 60.2 cm³/mol. The van der Waals surface area contributed by atoms with Gasteiger partial charge in [0.25, 0.3) is 5.69 Å². The van der Waals surface area contributed by atoms with E-state index in [2.05, 4.69) is 5.16 Å². The van der Waals surface area contributed by atoms with Crippen molar-refractivity contribution >= 4 is 11.7 Å². The van der Waals surface area contributed by atoms with E-state index in [1.807, 2.05) is 0 Å². The number of nitro benzene ring substituents is 1. The molecule has 19 heavy (non-hydrogen) atoms. The molecule has 0 spiro atoms. The van der Waals surface area contributed by atoms with Crippen LogP contribution in [0.5, 0.6) is 0 Å². The van der Waals surface area contributed by atoms with Gasteiger partial charge in [-0.1, -0.05) is 5.16 Å². The van der Waals surface area contributed by atoms with Crippen LogP contribution in [0.3, 0.4) is 0 Å². The summed E-state index contributed by atoms with van der Waals surface area (Å²) in [5, 5.41) is 23.4. The Labute approximate surface area is 105 Å². The predicted octanol–water partition coefficient (Wildman–Crippen LogP) is 2.40. The fourth-order valence-electron chi connectivity index (χ4n) is 1.66. The van der Waals surface area contributed by atoms with Crippen LogP contribution in [0.1, 0.15) is 16.1 Å². The Bertz CT molecular complexity index is 680. The van der Waals surface area contributed by atoms with Gasteiger partial charge in [-0.2, -0.15) is 0 Å². The Balaban J connectivity index is 2.72. The topological polar surface area (TPSA) is 106 Å². The Kier molecular flexibility index (Phi) is 2.99. The van der Waals surface area contributed by atoms with Crippen LogP contribution in [-0.4, -0.2) is 21.2 Å². The van der Waals surface area contributed by atoms with Crippen molar-refractivity contribution in [2.75, 3.05) is 0 Å². The molecule has 0 unspecified atom stereocenters. The van der Waals surface area contributed by atoms with E-state index in [0.717, 1.165) is 12.1 Å². The van der Waals surface area contributed by atoms with E-state index in [-0.39, 0.29) is 22.6 Å². The molecule has 1 N–H and O–H groups in total. The Hall–Kier alpha value is -2.77. The zero-order chi connectivity index (χ0) is 14.2. The third-order valence-corrected chi connectivity index (χ3v) is 2.49. The molecule has 0 bridgehead atoms. The lowest BCUT2D eigenvalue weighted by Crippen LogP contribution is -2.01. The Morgan fingerprint density at radius 3 is 2.79 bits per heavy atom. The molecule has 0 aliphatic heterocycles. The van der Waals surface area contributed by atoms with E-state index in [0.29, 0.717) is 6.07 Å². The summed E-state index contributed by atoms with van der Waals surface area (Å²) in [6, 6.07) is 2.78. The second-order valence-electron chi connectivity index (χ2n) is 3.69. The number of hydrogen-bond acceptors (Lipinski definition) is 5. The van der Waals surface area contributed by atoms with Crippen molar-refractivity contribution in [2.24, 2.45) is 0 Å². The highest BCUT2D eigenvalue weighted by molar-refractivity contribution is 5.96. The molecule has 0 amide bonds. The number of benzene rings is 1.